The number of carboxylic acid groups (broad SMARTS) is 1. The average Bonchev–Trinajstić information content (AvgIpc) is 2.87. The Morgan fingerprint density at radius 2 is 2.26 bits per heavy atom. The largest absolute Gasteiger partial charge is 0.480 e. The first-order valence-corrected chi connectivity index (χ1v) is 7.14. The highest BCUT2D eigenvalue weighted by molar-refractivity contribution is 7.09. The molecule has 1 saturated heterocycles. The van der Waals surface area contributed by atoms with Gasteiger partial charge in [0.2, 0.25) is 5.91 Å². The lowest BCUT2D eigenvalue weighted by Crippen LogP contribution is -2.38. The second kappa shape index (κ2) is 4.92. The van der Waals surface area contributed by atoms with E-state index < -0.39 is 12.0 Å². The van der Waals surface area contributed by atoms with E-state index in [1.54, 1.807) is 11.3 Å². The van der Waals surface area contributed by atoms with Gasteiger partial charge in [0.05, 0.1) is 17.2 Å². The molecule has 1 aromatic heterocycles. The number of aromatic nitrogens is 1. The Bertz CT molecular complexity index is 504. The van der Waals surface area contributed by atoms with E-state index in [1.165, 1.54) is 4.90 Å². The van der Waals surface area contributed by atoms with Crippen molar-refractivity contribution in [3.63, 3.8) is 0 Å². The molecule has 1 fully saturated rings. The average molecular weight is 282 g/mol. The fraction of sp³-hybridized carbons (Fsp3) is 0.615. The smallest absolute Gasteiger partial charge is 0.326 e. The van der Waals surface area contributed by atoms with Crippen molar-refractivity contribution in [2.24, 2.45) is 0 Å². The quantitative estimate of drug-likeness (QED) is 0.920. The summed E-state index contributed by atoms with van der Waals surface area (Å²) < 4.78 is 0. The summed E-state index contributed by atoms with van der Waals surface area (Å²) >= 11 is 1.55. The van der Waals surface area contributed by atoms with Crippen LogP contribution in [0, 0.1) is 0 Å². The van der Waals surface area contributed by atoms with Crippen molar-refractivity contribution < 1.29 is 14.7 Å². The van der Waals surface area contributed by atoms with E-state index in [2.05, 4.69) is 25.8 Å². The van der Waals surface area contributed by atoms with Crippen LogP contribution in [0.25, 0.3) is 0 Å². The molecule has 5 nitrogen and oxygen atoms in total. The molecule has 0 saturated carbocycles. The molecule has 19 heavy (non-hydrogen) atoms. The number of aliphatic carboxylic acids is 1. The number of hydrogen-bond acceptors (Lipinski definition) is 4. The van der Waals surface area contributed by atoms with Gasteiger partial charge in [-0.05, 0) is 6.42 Å². The van der Waals surface area contributed by atoms with Crippen LogP contribution in [0.3, 0.4) is 0 Å². The second-order valence-corrected chi connectivity index (χ2v) is 6.67. The Labute approximate surface area is 116 Å². The van der Waals surface area contributed by atoms with E-state index >= 15 is 0 Å². The van der Waals surface area contributed by atoms with Gasteiger partial charge in [0.15, 0.2) is 0 Å². The van der Waals surface area contributed by atoms with Gasteiger partial charge in [-0.1, -0.05) is 20.8 Å². The summed E-state index contributed by atoms with van der Waals surface area (Å²) in [5.74, 6) is -1.03. The summed E-state index contributed by atoms with van der Waals surface area (Å²) in [6, 6.07) is -0.702. The molecule has 1 N–H and O–H groups in total. The Kier molecular flexibility index (Phi) is 3.62. The number of carbonyl (C=O) groups excluding carboxylic acids is 1. The van der Waals surface area contributed by atoms with Crippen LogP contribution in [0.5, 0.6) is 0 Å². The van der Waals surface area contributed by atoms with Gasteiger partial charge in [0.25, 0.3) is 0 Å². The maximum atomic E-state index is 11.7. The Morgan fingerprint density at radius 1 is 1.58 bits per heavy atom. The van der Waals surface area contributed by atoms with Crippen LogP contribution in [0.4, 0.5) is 0 Å². The van der Waals surface area contributed by atoms with Crippen molar-refractivity contribution >= 4 is 23.2 Å². The van der Waals surface area contributed by atoms with E-state index in [9.17, 15) is 9.59 Å². The zero-order valence-corrected chi connectivity index (χ0v) is 12.2. The van der Waals surface area contributed by atoms with Crippen molar-refractivity contribution in [2.45, 2.75) is 51.6 Å². The lowest BCUT2D eigenvalue weighted by Gasteiger charge is -2.20. The number of thiazole rings is 1. The fourth-order valence-corrected chi connectivity index (χ4v) is 2.99. The molecule has 0 spiro atoms. The molecule has 6 heteroatoms. The van der Waals surface area contributed by atoms with Gasteiger partial charge in [0, 0.05) is 17.2 Å². The summed E-state index contributed by atoms with van der Waals surface area (Å²) in [6.07, 6.45) is 0.706. The predicted octanol–water partition coefficient (Wildman–Crippen LogP) is 2.02. The van der Waals surface area contributed by atoms with Crippen molar-refractivity contribution in [3.8, 4) is 0 Å². The first kappa shape index (κ1) is 14.0. The lowest BCUT2D eigenvalue weighted by atomic mass is 9.98. The van der Waals surface area contributed by atoms with Crippen LogP contribution in [0.1, 0.15) is 44.3 Å². The zero-order valence-electron chi connectivity index (χ0n) is 11.3. The molecule has 0 aliphatic carbocycles. The van der Waals surface area contributed by atoms with Crippen LogP contribution in [-0.4, -0.2) is 32.9 Å². The van der Waals surface area contributed by atoms with Gasteiger partial charge in [-0.15, -0.1) is 11.3 Å². The summed E-state index contributed by atoms with van der Waals surface area (Å²) in [6.45, 7) is 6.53. The van der Waals surface area contributed by atoms with Crippen LogP contribution < -0.4 is 0 Å². The van der Waals surface area contributed by atoms with E-state index in [1.807, 2.05) is 5.38 Å². The van der Waals surface area contributed by atoms with Crippen molar-refractivity contribution in [1.82, 2.24) is 9.88 Å². The normalized spacial score (nSPS) is 20.1. The van der Waals surface area contributed by atoms with Crippen LogP contribution in [0.2, 0.25) is 0 Å². The minimum atomic E-state index is -0.933. The fourth-order valence-electron chi connectivity index (χ4n) is 2.09. The molecular weight excluding hydrogens is 264 g/mol. The molecule has 2 rings (SSSR count). The Balaban J connectivity index is 2.14. The second-order valence-electron chi connectivity index (χ2n) is 5.81. The van der Waals surface area contributed by atoms with Crippen molar-refractivity contribution in [3.05, 3.63) is 16.1 Å². The standard InChI is InChI=1S/C13H18N2O3S/c1-13(2,3)12-14-8(7-19-12)6-15-9(11(17)18)4-5-10(15)16/h7,9H,4-6H2,1-3H3,(H,17,18). The van der Waals surface area contributed by atoms with E-state index in [0.717, 1.165) is 10.7 Å². The van der Waals surface area contributed by atoms with Crippen molar-refractivity contribution in [2.75, 3.05) is 0 Å². The van der Waals surface area contributed by atoms with Gasteiger partial charge < -0.3 is 10.0 Å². The third-order valence-corrected chi connectivity index (χ3v) is 4.46. The maximum Gasteiger partial charge on any atom is 0.326 e. The summed E-state index contributed by atoms with van der Waals surface area (Å²) in [5.41, 5.74) is 0.751. The number of nitrogens with zero attached hydrogens (tertiary/aromatic N) is 2. The molecule has 1 amide bonds. The molecule has 0 aromatic carbocycles. The van der Waals surface area contributed by atoms with Crippen molar-refractivity contribution in [1.29, 1.82) is 0 Å². The number of rotatable bonds is 3. The molecule has 0 radical (unpaired) electrons. The molecule has 0 bridgehead atoms. The molecule has 1 unspecified atom stereocenters. The number of likely N-dealkylation sites (tertiary alicyclic amines) is 1. The highest BCUT2D eigenvalue weighted by atomic mass is 32.1. The molecule has 1 aliphatic rings. The Hall–Kier alpha value is -1.43. The summed E-state index contributed by atoms with van der Waals surface area (Å²) in [4.78, 5) is 28.8. The lowest BCUT2D eigenvalue weighted by molar-refractivity contribution is -0.146. The number of carbonyl (C=O) groups is 2. The van der Waals surface area contributed by atoms with Gasteiger partial charge >= 0.3 is 5.97 Å². The van der Waals surface area contributed by atoms with E-state index in [4.69, 9.17) is 5.11 Å². The van der Waals surface area contributed by atoms with Gasteiger partial charge in [0.1, 0.15) is 6.04 Å². The third kappa shape index (κ3) is 2.94. The Morgan fingerprint density at radius 3 is 2.79 bits per heavy atom. The number of hydrogen-bond donors (Lipinski definition) is 1. The van der Waals surface area contributed by atoms with Crippen LogP contribution in [0.15, 0.2) is 5.38 Å². The summed E-state index contributed by atoms with van der Waals surface area (Å²) in [7, 11) is 0. The highest BCUT2D eigenvalue weighted by Crippen LogP contribution is 2.27. The first-order valence-electron chi connectivity index (χ1n) is 6.26. The van der Waals surface area contributed by atoms with Crippen LogP contribution >= 0.6 is 11.3 Å². The zero-order chi connectivity index (χ0) is 14.2. The number of amides is 1. The topological polar surface area (TPSA) is 70.5 Å². The molecule has 1 atom stereocenters. The van der Waals surface area contributed by atoms with E-state index in [-0.39, 0.29) is 11.3 Å². The van der Waals surface area contributed by atoms with Crippen LogP contribution in [-0.2, 0) is 21.5 Å². The predicted molar refractivity (Wildman–Crippen MR) is 72.0 cm³/mol. The SMILES string of the molecule is CC(C)(C)c1nc(CN2C(=O)CCC2C(=O)O)cs1. The van der Waals surface area contributed by atoms with E-state index in [0.29, 0.717) is 19.4 Å². The highest BCUT2D eigenvalue weighted by Gasteiger charge is 2.36. The molecule has 104 valence electrons. The molecule has 1 aliphatic heterocycles. The number of carboxylic acids is 1. The minimum absolute atomic E-state index is 0.0237. The third-order valence-electron chi connectivity index (χ3n) is 3.14. The maximum absolute atomic E-state index is 11.7. The first-order chi connectivity index (χ1) is 8.79. The molecule has 2 heterocycles. The monoisotopic (exact) mass is 282 g/mol. The molecule has 1 aromatic rings. The van der Waals surface area contributed by atoms with Gasteiger partial charge in [-0.3, -0.25) is 4.79 Å². The van der Waals surface area contributed by atoms with Gasteiger partial charge in [-0.2, -0.15) is 0 Å². The van der Waals surface area contributed by atoms with Gasteiger partial charge in [-0.25, -0.2) is 9.78 Å². The molecular formula is C13H18N2O3S. The minimum Gasteiger partial charge on any atom is -0.480 e. The summed E-state index contributed by atoms with van der Waals surface area (Å²) in [5, 5.41) is 12.0.